The second-order valence-electron chi connectivity index (χ2n) is 5.11. The second-order valence-corrected chi connectivity index (χ2v) is 5.11. The maximum absolute atomic E-state index is 13.7. The molecule has 0 bridgehead atoms. The molecular formula is C14H20F2N2. The van der Waals surface area contributed by atoms with Gasteiger partial charge in [-0.15, -0.1) is 0 Å². The predicted molar refractivity (Wildman–Crippen MR) is 70.4 cm³/mol. The minimum atomic E-state index is -0.867. The molecule has 1 aliphatic rings. The van der Waals surface area contributed by atoms with Gasteiger partial charge in [-0.25, -0.2) is 8.78 Å². The summed E-state index contributed by atoms with van der Waals surface area (Å²) >= 11 is 0. The first-order chi connectivity index (χ1) is 8.61. The molecule has 0 radical (unpaired) electrons. The SMILES string of the molecule is CCC1CCCC(Nc2c(N)ccc(F)c2F)C1. The fourth-order valence-electron chi connectivity index (χ4n) is 2.71. The van der Waals surface area contributed by atoms with Gasteiger partial charge in [-0.1, -0.05) is 26.2 Å². The monoisotopic (exact) mass is 254 g/mol. The van der Waals surface area contributed by atoms with E-state index >= 15 is 0 Å². The van der Waals surface area contributed by atoms with Crippen molar-refractivity contribution < 1.29 is 8.78 Å². The molecule has 18 heavy (non-hydrogen) atoms. The van der Waals surface area contributed by atoms with Crippen molar-refractivity contribution in [1.82, 2.24) is 0 Å². The maximum atomic E-state index is 13.7. The van der Waals surface area contributed by atoms with E-state index in [-0.39, 0.29) is 17.4 Å². The second kappa shape index (κ2) is 5.55. The van der Waals surface area contributed by atoms with Crippen molar-refractivity contribution in [2.24, 2.45) is 5.92 Å². The molecule has 0 saturated heterocycles. The number of hydrogen-bond acceptors (Lipinski definition) is 2. The van der Waals surface area contributed by atoms with Gasteiger partial charge in [0.05, 0.1) is 11.4 Å². The minimum absolute atomic E-state index is 0.122. The lowest BCUT2D eigenvalue weighted by Gasteiger charge is -2.30. The Morgan fingerprint density at radius 2 is 2.11 bits per heavy atom. The van der Waals surface area contributed by atoms with Crippen molar-refractivity contribution in [3.05, 3.63) is 23.8 Å². The van der Waals surface area contributed by atoms with Crippen LogP contribution in [0.25, 0.3) is 0 Å². The van der Waals surface area contributed by atoms with E-state index in [0.29, 0.717) is 5.92 Å². The highest BCUT2D eigenvalue weighted by molar-refractivity contribution is 5.67. The van der Waals surface area contributed by atoms with Crippen LogP contribution in [0.15, 0.2) is 12.1 Å². The first kappa shape index (κ1) is 13.1. The zero-order chi connectivity index (χ0) is 13.1. The molecule has 1 aromatic carbocycles. The summed E-state index contributed by atoms with van der Waals surface area (Å²) in [6, 6.07) is 2.66. The Morgan fingerprint density at radius 1 is 1.33 bits per heavy atom. The van der Waals surface area contributed by atoms with Crippen LogP contribution in [0.1, 0.15) is 39.0 Å². The summed E-state index contributed by atoms with van der Waals surface area (Å²) in [5.41, 5.74) is 6.10. The highest BCUT2D eigenvalue weighted by atomic mass is 19.2. The predicted octanol–water partition coefficient (Wildman–Crippen LogP) is 3.93. The Bertz CT molecular complexity index is 421. The first-order valence-corrected chi connectivity index (χ1v) is 6.61. The molecule has 2 rings (SSSR count). The van der Waals surface area contributed by atoms with Crippen molar-refractivity contribution in [2.45, 2.75) is 45.1 Å². The van der Waals surface area contributed by atoms with E-state index in [1.807, 2.05) is 0 Å². The Hall–Kier alpha value is -1.32. The third kappa shape index (κ3) is 2.74. The topological polar surface area (TPSA) is 38.0 Å². The summed E-state index contributed by atoms with van der Waals surface area (Å²) in [5, 5.41) is 3.08. The third-order valence-electron chi connectivity index (χ3n) is 3.84. The van der Waals surface area contributed by atoms with E-state index in [4.69, 9.17) is 5.73 Å². The number of rotatable bonds is 3. The Kier molecular flexibility index (Phi) is 4.04. The number of benzene rings is 1. The van der Waals surface area contributed by atoms with Gasteiger partial charge < -0.3 is 11.1 Å². The van der Waals surface area contributed by atoms with Crippen molar-refractivity contribution in [3.63, 3.8) is 0 Å². The molecule has 0 aromatic heterocycles. The minimum Gasteiger partial charge on any atom is -0.397 e. The van der Waals surface area contributed by atoms with Gasteiger partial charge in [-0.05, 0) is 30.9 Å². The van der Waals surface area contributed by atoms with E-state index in [1.165, 1.54) is 12.5 Å². The molecule has 4 heteroatoms. The van der Waals surface area contributed by atoms with E-state index < -0.39 is 11.6 Å². The van der Waals surface area contributed by atoms with Crippen LogP contribution in [-0.4, -0.2) is 6.04 Å². The van der Waals surface area contributed by atoms with E-state index in [2.05, 4.69) is 12.2 Å². The van der Waals surface area contributed by atoms with Gasteiger partial charge >= 0.3 is 0 Å². The summed E-state index contributed by atoms with van der Waals surface area (Å²) in [7, 11) is 0. The molecule has 2 unspecified atom stereocenters. The number of nitrogen functional groups attached to an aromatic ring is 1. The van der Waals surface area contributed by atoms with Crippen LogP contribution in [0.4, 0.5) is 20.2 Å². The lowest BCUT2D eigenvalue weighted by molar-refractivity contribution is 0.326. The van der Waals surface area contributed by atoms with Gasteiger partial charge in [0.1, 0.15) is 0 Å². The summed E-state index contributed by atoms with van der Waals surface area (Å²) in [4.78, 5) is 0. The molecule has 0 heterocycles. The van der Waals surface area contributed by atoms with Crippen LogP contribution in [0.3, 0.4) is 0 Å². The van der Waals surface area contributed by atoms with E-state index in [0.717, 1.165) is 31.7 Å². The van der Waals surface area contributed by atoms with Gasteiger partial charge in [-0.2, -0.15) is 0 Å². The quantitative estimate of drug-likeness (QED) is 0.802. The normalized spacial score (nSPS) is 23.9. The number of anilines is 2. The van der Waals surface area contributed by atoms with Crippen LogP contribution in [0, 0.1) is 17.6 Å². The highest BCUT2D eigenvalue weighted by Crippen LogP contribution is 2.31. The standard InChI is InChI=1S/C14H20F2N2/c1-2-9-4-3-5-10(8-9)18-14-12(17)7-6-11(15)13(14)16/h6-7,9-10,18H,2-5,8,17H2,1H3. The molecule has 100 valence electrons. The van der Waals surface area contributed by atoms with Crippen molar-refractivity contribution in [1.29, 1.82) is 0 Å². The molecule has 0 spiro atoms. The number of hydrogen-bond donors (Lipinski definition) is 2. The lowest BCUT2D eigenvalue weighted by Crippen LogP contribution is -2.28. The Balaban J connectivity index is 2.11. The molecular weight excluding hydrogens is 234 g/mol. The van der Waals surface area contributed by atoms with Crippen LogP contribution < -0.4 is 11.1 Å². The Morgan fingerprint density at radius 3 is 2.83 bits per heavy atom. The highest BCUT2D eigenvalue weighted by Gasteiger charge is 2.22. The number of nitrogens with two attached hydrogens (primary N) is 1. The molecule has 0 aliphatic heterocycles. The van der Waals surface area contributed by atoms with Gasteiger partial charge in [0.25, 0.3) is 0 Å². The lowest BCUT2D eigenvalue weighted by atomic mass is 9.84. The summed E-state index contributed by atoms with van der Waals surface area (Å²) in [6.07, 6.45) is 5.50. The van der Waals surface area contributed by atoms with Crippen molar-refractivity contribution in [3.8, 4) is 0 Å². The van der Waals surface area contributed by atoms with Crippen LogP contribution in [0.2, 0.25) is 0 Å². The molecule has 1 aliphatic carbocycles. The van der Waals surface area contributed by atoms with Crippen LogP contribution in [0.5, 0.6) is 0 Å². The smallest absolute Gasteiger partial charge is 0.183 e. The molecule has 1 aromatic rings. The molecule has 1 fully saturated rings. The zero-order valence-corrected chi connectivity index (χ0v) is 10.7. The van der Waals surface area contributed by atoms with E-state index in [1.54, 1.807) is 0 Å². The summed E-state index contributed by atoms with van der Waals surface area (Å²) in [6.45, 7) is 2.17. The van der Waals surface area contributed by atoms with E-state index in [9.17, 15) is 8.78 Å². The average molecular weight is 254 g/mol. The van der Waals surface area contributed by atoms with Crippen molar-refractivity contribution >= 4 is 11.4 Å². The number of halogens is 2. The van der Waals surface area contributed by atoms with Crippen molar-refractivity contribution in [2.75, 3.05) is 11.1 Å². The summed E-state index contributed by atoms with van der Waals surface area (Å²) < 4.78 is 26.9. The van der Waals surface area contributed by atoms with Gasteiger partial charge in [0.2, 0.25) is 0 Å². The molecule has 2 nitrogen and oxygen atoms in total. The average Bonchev–Trinajstić information content (AvgIpc) is 2.39. The zero-order valence-electron chi connectivity index (χ0n) is 10.7. The molecule has 2 atom stereocenters. The molecule has 3 N–H and O–H groups in total. The maximum Gasteiger partial charge on any atom is 0.183 e. The van der Waals surface area contributed by atoms with Gasteiger partial charge in [-0.3, -0.25) is 0 Å². The third-order valence-corrected chi connectivity index (χ3v) is 3.84. The Labute approximate surface area is 107 Å². The summed E-state index contributed by atoms with van der Waals surface area (Å²) in [5.74, 6) is -1.04. The van der Waals surface area contributed by atoms with Crippen LogP contribution >= 0.6 is 0 Å². The van der Waals surface area contributed by atoms with Gasteiger partial charge in [0.15, 0.2) is 11.6 Å². The number of nitrogens with one attached hydrogen (secondary N) is 1. The molecule has 0 amide bonds. The first-order valence-electron chi connectivity index (χ1n) is 6.61. The fraction of sp³-hybridized carbons (Fsp3) is 0.571. The fourth-order valence-corrected chi connectivity index (χ4v) is 2.71. The van der Waals surface area contributed by atoms with Gasteiger partial charge in [0, 0.05) is 6.04 Å². The molecule has 1 saturated carbocycles. The van der Waals surface area contributed by atoms with Crippen LogP contribution in [-0.2, 0) is 0 Å². The largest absolute Gasteiger partial charge is 0.397 e.